The van der Waals surface area contributed by atoms with E-state index in [9.17, 15) is 0 Å². The van der Waals surface area contributed by atoms with Crippen molar-refractivity contribution in [1.29, 1.82) is 0 Å². The summed E-state index contributed by atoms with van der Waals surface area (Å²) in [5.74, 6) is 0.905. The van der Waals surface area contributed by atoms with Gasteiger partial charge in [-0.1, -0.05) is 119 Å². The van der Waals surface area contributed by atoms with Gasteiger partial charge in [-0.25, -0.2) is 0 Å². The van der Waals surface area contributed by atoms with E-state index in [4.69, 9.17) is 0 Å². The number of aryl methyl sites for hydroxylation is 2. The van der Waals surface area contributed by atoms with Crippen molar-refractivity contribution in [2.75, 3.05) is 0 Å². The number of hydrogen-bond donors (Lipinski definition) is 0. The Morgan fingerprint density at radius 3 is 1.82 bits per heavy atom. The van der Waals surface area contributed by atoms with Gasteiger partial charge in [0.2, 0.25) is 0 Å². The molecule has 38 heavy (non-hydrogen) atoms. The van der Waals surface area contributed by atoms with Crippen LogP contribution in [0.1, 0.15) is 91.0 Å². The fourth-order valence-corrected chi connectivity index (χ4v) is 6.64. The molecule has 0 N–H and O–H groups in total. The van der Waals surface area contributed by atoms with Gasteiger partial charge >= 0.3 is 0 Å². The molecule has 1 aliphatic carbocycles. The lowest BCUT2D eigenvalue weighted by Gasteiger charge is -2.32. The fraction of sp³-hybridized carbons (Fsp3) is 0.316. The zero-order valence-corrected chi connectivity index (χ0v) is 23.5. The van der Waals surface area contributed by atoms with Crippen molar-refractivity contribution in [2.45, 2.75) is 72.1 Å². The third-order valence-corrected chi connectivity index (χ3v) is 8.57. The third-order valence-electron chi connectivity index (χ3n) is 8.57. The van der Waals surface area contributed by atoms with Crippen molar-refractivity contribution in [1.82, 2.24) is 0 Å². The molecule has 0 radical (unpaired) electrons. The minimum Gasteiger partial charge on any atom is -0.0654 e. The minimum absolute atomic E-state index is 0.239. The lowest BCUT2D eigenvalue weighted by atomic mass is 9.71. The molecule has 0 aliphatic heterocycles. The lowest BCUT2D eigenvalue weighted by molar-refractivity contribution is 0.647. The molecule has 0 spiro atoms. The van der Waals surface area contributed by atoms with Crippen LogP contribution >= 0.6 is 0 Å². The first-order valence-corrected chi connectivity index (χ1v) is 14.7. The highest BCUT2D eigenvalue weighted by Gasteiger charge is 2.30. The Kier molecular flexibility index (Phi) is 6.83. The van der Waals surface area contributed by atoms with Crippen LogP contribution in [0.2, 0.25) is 0 Å². The topological polar surface area (TPSA) is 0 Å². The summed E-state index contributed by atoms with van der Waals surface area (Å²) in [5.41, 5.74) is 11.7. The average Bonchev–Trinajstić information content (AvgIpc) is 2.94. The van der Waals surface area contributed by atoms with Crippen LogP contribution in [0.15, 0.2) is 84.9 Å². The van der Waals surface area contributed by atoms with Crippen molar-refractivity contribution in [3.05, 3.63) is 129 Å². The van der Waals surface area contributed by atoms with Gasteiger partial charge in [0.25, 0.3) is 0 Å². The molecule has 192 valence electrons. The highest BCUT2D eigenvalue weighted by atomic mass is 14.3. The van der Waals surface area contributed by atoms with Crippen LogP contribution in [0, 0.1) is 5.92 Å². The maximum Gasteiger partial charge on any atom is 0.0357 e. The molecule has 0 saturated heterocycles. The van der Waals surface area contributed by atoms with E-state index in [1.807, 2.05) is 0 Å². The molecule has 0 nitrogen and oxygen atoms in total. The first-order valence-electron chi connectivity index (χ1n) is 14.7. The quantitative estimate of drug-likeness (QED) is 0.206. The highest BCUT2D eigenvalue weighted by Crippen LogP contribution is 2.47. The predicted octanol–water partition coefficient (Wildman–Crippen LogP) is 10.2. The van der Waals surface area contributed by atoms with Gasteiger partial charge in [-0.2, -0.15) is 0 Å². The van der Waals surface area contributed by atoms with E-state index < -0.39 is 0 Å². The van der Waals surface area contributed by atoms with E-state index in [1.54, 1.807) is 0 Å². The van der Waals surface area contributed by atoms with Crippen LogP contribution in [0.4, 0.5) is 0 Å². The molecule has 5 aromatic rings. The first kappa shape index (κ1) is 24.9. The second-order valence-corrected chi connectivity index (χ2v) is 11.8. The molecule has 0 bridgehead atoms. The Morgan fingerprint density at radius 1 is 0.658 bits per heavy atom. The monoisotopic (exact) mass is 496 g/mol. The molecular formula is C38H40. The number of benzene rings is 5. The second kappa shape index (κ2) is 10.4. The van der Waals surface area contributed by atoms with Gasteiger partial charge in [0.05, 0.1) is 0 Å². The second-order valence-electron chi connectivity index (χ2n) is 11.8. The normalized spacial score (nSPS) is 14.7. The number of rotatable bonds is 7. The summed E-state index contributed by atoms with van der Waals surface area (Å²) >= 11 is 0. The van der Waals surface area contributed by atoms with Crippen molar-refractivity contribution in [3.63, 3.8) is 0 Å². The van der Waals surface area contributed by atoms with Crippen molar-refractivity contribution < 1.29 is 0 Å². The van der Waals surface area contributed by atoms with Gasteiger partial charge in [-0.05, 0) is 104 Å². The molecule has 0 aromatic heterocycles. The maximum absolute atomic E-state index is 2.44. The van der Waals surface area contributed by atoms with Gasteiger partial charge in [-0.15, -0.1) is 0 Å². The lowest BCUT2D eigenvalue weighted by Crippen LogP contribution is -2.16. The van der Waals surface area contributed by atoms with Crippen LogP contribution in [-0.4, -0.2) is 0 Å². The van der Waals surface area contributed by atoms with Gasteiger partial charge < -0.3 is 0 Å². The van der Waals surface area contributed by atoms with Crippen LogP contribution in [0.25, 0.3) is 21.5 Å². The zero-order chi connectivity index (χ0) is 26.2. The van der Waals surface area contributed by atoms with Gasteiger partial charge in [0.15, 0.2) is 0 Å². The predicted molar refractivity (Wildman–Crippen MR) is 165 cm³/mol. The molecule has 0 saturated carbocycles. The van der Waals surface area contributed by atoms with E-state index in [0.29, 0.717) is 5.92 Å². The summed E-state index contributed by atoms with van der Waals surface area (Å²) in [4.78, 5) is 0. The van der Waals surface area contributed by atoms with E-state index >= 15 is 0 Å². The summed E-state index contributed by atoms with van der Waals surface area (Å²) in [5, 5.41) is 5.59. The SMILES string of the molecule is CCCCc1ccc2c3c(ccc2c1)Cc1ccc2cc(CC)ccc2c1C3c1ccc(CC(C)C)cc1. The van der Waals surface area contributed by atoms with Crippen molar-refractivity contribution >= 4 is 21.5 Å². The van der Waals surface area contributed by atoms with Crippen molar-refractivity contribution in [3.8, 4) is 0 Å². The fourth-order valence-electron chi connectivity index (χ4n) is 6.64. The first-order chi connectivity index (χ1) is 18.6. The Hall–Kier alpha value is -3.38. The molecule has 5 aromatic carbocycles. The number of unbranched alkanes of at least 4 members (excludes halogenated alkanes) is 1. The third kappa shape index (κ3) is 4.55. The molecule has 0 amide bonds. The van der Waals surface area contributed by atoms with Crippen LogP contribution in [0.5, 0.6) is 0 Å². The largest absolute Gasteiger partial charge is 0.0654 e. The van der Waals surface area contributed by atoms with Gasteiger partial charge in [0, 0.05) is 5.92 Å². The smallest absolute Gasteiger partial charge is 0.0357 e. The van der Waals surface area contributed by atoms with E-state index in [0.717, 1.165) is 25.7 Å². The summed E-state index contributed by atoms with van der Waals surface area (Å²) in [6, 6.07) is 33.5. The number of hydrogen-bond acceptors (Lipinski definition) is 0. The summed E-state index contributed by atoms with van der Waals surface area (Å²) in [7, 11) is 0. The Bertz CT molecular complexity index is 1600. The Balaban J connectivity index is 1.58. The molecule has 0 heterocycles. The Labute approximate surface area is 228 Å². The molecule has 1 atom stereocenters. The zero-order valence-electron chi connectivity index (χ0n) is 23.5. The van der Waals surface area contributed by atoms with Crippen LogP contribution in [0.3, 0.4) is 0 Å². The van der Waals surface area contributed by atoms with E-state index in [2.05, 4.69) is 113 Å². The van der Waals surface area contributed by atoms with E-state index in [1.165, 1.54) is 78.9 Å². The molecule has 1 aliphatic rings. The van der Waals surface area contributed by atoms with Crippen LogP contribution in [-0.2, 0) is 25.7 Å². The standard InChI is InChI=1S/C38H40/c1-5-7-8-27-12-20-35-31(23-27)16-18-33-24-32-17-15-30-22-26(6-2)11-19-34(30)36(32)38(37(33)35)29-13-9-28(10-14-29)21-25(3)4/h9-20,22-23,25,38H,5-8,21,24H2,1-4H3. The summed E-state index contributed by atoms with van der Waals surface area (Å²) < 4.78 is 0. The minimum atomic E-state index is 0.239. The molecule has 0 heteroatoms. The van der Waals surface area contributed by atoms with E-state index in [-0.39, 0.29) is 5.92 Å². The summed E-state index contributed by atoms with van der Waals surface area (Å²) in [6.07, 6.45) is 6.86. The van der Waals surface area contributed by atoms with Gasteiger partial charge in [0.1, 0.15) is 0 Å². The highest BCUT2D eigenvalue weighted by molar-refractivity contribution is 5.94. The molecule has 0 fully saturated rings. The average molecular weight is 497 g/mol. The number of fused-ring (bicyclic) bond motifs is 6. The Morgan fingerprint density at radius 2 is 1.24 bits per heavy atom. The maximum atomic E-state index is 2.44. The molecular weight excluding hydrogens is 456 g/mol. The van der Waals surface area contributed by atoms with Gasteiger partial charge in [-0.3, -0.25) is 0 Å². The summed E-state index contributed by atoms with van der Waals surface area (Å²) in [6.45, 7) is 9.14. The molecule has 6 rings (SSSR count). The molecule has 1 unspecified atom stereocenters. The van der Waals surface area contributed by atoms with Crippen molar-refractivity contribution in [2.24, 2.45) is 5.92 Å². The van der Waals surface area contributed by atoms with Crippen LogP contribution < -0.4 is 0 Å².